The average molecular weight is 303 g/mol. The number of hydrogen-bond acceptors (Lipinski definition) is 3. The van der Waals surface area contributed by atoms with Gasteiger partial charge in [-0.1, -0.05) is 27.2 Å². The topological polar surface area (TPSA) is 43.8 Å². The summed E-state index contributed by atoms with van der Waals surface area (Å²) in [7, 11) is 0. The van der Waals surface area contributed by atoms with E-state index in [2.05, 4.69) is 43.2 Å². The van der Waals surface area contributed by atoms with Gasteiger partial charge in [0.15, 0.2) is 0 Å². The zero-order chi connectivity index (χ0) is 15.0. The largest absolute Gasteiger partial charge is 0.399 e. The lowest BCUT2D eigenvalue weighted by Crippen LogP contribution is -2.19. The Morgan fingerprint density at radius 1 is 1.38 bits per heavy atom. The molecule has 2 aromatic rings. The minimum absolute atomic E-state index is 0.437. The van der Waals surface area contributed by atoms with E-state index in [-0.39, 0.29) is 0 Å². The average Bonchev–Trinajstić information content (AvgIpc) is 3.02. The van der Waals surface area contributed by atoms with Crippen LogP contribution in [0, 0.1) is 0 Å². The molecule has 0 spiro atoms. The van der Waals surface area contributed by atoms with Crippen LogP contribution >= 0.6 is 11.8 Å². The van der Waals surface area contributed by atoms with E-state index in [1.54, 1.807) is 0 Å². The summed E-state index contributed by atoms with van der Waals surface area (Å²) in [6.07, 6.45) is 3.93. The fourth-order valence-corrected chi connectivity index (χ4v) is 4.74. The number of benzene rings is 1. The van der Waals surface area contributed by atoms with Gasteiger partial charge in [0, 0.05) is 22.9 Å². The quantitative estimate of drug-likeness (QED) is 0.840. The molecule has 0 aliphatic heterocycles. The van der Waals surface area contributed by atoms with Gasteiger partial charge in [0.2, 0.25) is 0 Å². The van der Waals surface area contributed by atoms with Crippen LogP contribution in [-0.2, 0) is 0 Å². The summed E-state index contributed by atoms with van der Waals surface area (Å²) in [5, 5.41) is 0.724. The number of thioether (sulfide) groups is 1. The summed E-state index contributed by atoms with van der Waals surface area (Å²) in [5.74, 6) is 2.84. The molecule has 1 aromatic heterocycles. The maximum absolute atomic E-state index is 5.93. The van der Waals surface area contributed by atoms with Crippen LogP contribution in [0.15, 0.2) is 18.2 Å². The fraction of sp³-hybridized carbons (Fsp3) is 0.588. The summed E-state index contributed by atoms with van der Waals surface area (Å²) >= 11 is 2.10. The van der Waals surface area contributed by atoms with Crippen molar-refractivity contribution in [3.05, 3.63) is 24.0 Å². The first-order chi connectivity index (χ1) is 10.1. The third-order valence-corrected chi connectivity index (χ3v) is 5.70. The van der Waals surface area contributed by atoms with E-state index in [0.717, 1.165) is 16.5 Å². The lowest BCUT2D eigenvalue weighted by atomic mass is 10.1. The molecular formula is C17H25N3S. The van der Waals surface area contributed by atoms with Crippen LogP contribution in [0.1, 0.15) is 57.8 Å². The first kappa shape index (κ1) is 14.8. The molecule has 2 N–H and O–H groups in total. The Bertz CT molecular complexity index is 632. The normalized spacial score (nSPS) is 22.5. The molecule has 0 radical (unpaired) electrons. The maximum Gasteiger partial charge on any atom is 0.112 e. The Hall–Kier alpha value is -1.16. The molecular weight excluding hydrogens is 278 g/mol. The highest BCUT2D eigenvalue weighted by molar-refractivity contribution is 7.99. The van der Waals surface area contributed by atoms with Gasteiger partial charge in [0.1, 0.15) is 5.82 Å². The molecule has 3 rings (SSSR count). The van der Waals surface area contributed by atoms with Gasteiger partial charge in [0.05, 0.1) is 11.0 Å². The molecule has 1 aliphatic rings. The van der Waals surface area contributed by atoms with Crippen molar-refractivity contribution in [3.63, 3.8) is 0 Å². The highest BCUT2D eigenvalue weighted by atomic mass is 32.2. The van der Waals surface area contributed by atoms with Crippen LogP contribution in [0.25, 0.3) is 11.0 Å². The van der Waals surface area contributed by atoms with Gasteiger partial charge in [0.25, 0.3) is 0 Å². The first-order valence-corrected chi connectivity index (χ1v) is 9.05. The number of rotatable bonds is 4. The summed E-state index contributed by atoms with van der Waals surface area (Å²) in [6.45, 7) is 6.73. The molecule has 0 saturated heterocycles. The molecule has 1 heterocycles. The van der Waals surface area contributed by atoms with Crippen LogP contribution < -0.4 is 5.73 Å². The van der Waals surface area contributed by atoms with Crippen LogP contribution in [0.2, 0.25) is 0 Å². The second kappa shape index (κ2) is 5.91. The number of hydrogen-bond donors (Lipinski definition) is 1. The smallest absolute Gasteiger partial charge is 0.112 e. The molecule has 3 nitrogen and oxygen atoms in total. The summed E-state index contributed by atoms with van der Waals surface area (Å²) in [6, 6.07) is 6.74. The number of fused-ring (bicyclic) bond motifs is 1. The Labute approximate surface area is 131 Å². The minimum Gasteiger partial charge on any atom is -0.399 e. The van der Waals surface area contributed by atoms with Gasteiger partial charge in [-0.15, -0.1) is 0 Å². The van der Waals surface area contributed by atoms with Crippen molar-refractivity contribution in [1.82, 2.24) is 9.55 Å². The Balaban J connectivity index is 2.13. The van der Waals surface area contributed by atoms with Crippen molar-refractivity contribution >= 4 is 28.5 Å². The molecule has 2 atom stereocenters. The SMILES string of the molecule is CCSC1CCCC1n1c(C(C)C)nc2cc(N)ccc21. The van der Waals surface area contributed by atoms with Gasteiger partial charge in [-0.2, -0.15) is 11.8 Å². The molecule has 0 amide bonds. The number of anilines is 1. The standard InChI is InChI=1S/C17H25N3S/c1-4-21-16-7-5-6-15(16)20-14-9-8-12(18)10-13(14)19-17(20)11(2)3/h8-11,15-16H,4-7,18H2,1-3H3. The van der Waals surface area contributed by atoms with Crippen molar-refractivity contribution in [2.75, 3.05) is 11.5 Å². The van der Waals surface area contributed by atoms with Crippen molar-refractivity contribution < 1.29 is 0 Å². The Morgan fingerprint density at radius 2 is 2.19 bits per heavy atom. The first-order valence-electron chi connectivity index (χ1n) is 8.00. The van der Waals surface area contributed by atoms with Gasteiger partial charge in [-0.05, 0) is 36.8 Å². The van der Waals surface area contributed by atoms with Crippen molar-refractivity contribution in [3.8, 4) is 0 Å². The summed E-state index contributed by atoms with van der Waals surface area (Å²) in [4.78, 5) is 4.89. The zero-order valence-corrected chi connectivity index (χ0v) is 14.0. The van der Waals surface area contributed by atoms with E-state index >= 15 is 0 Å². The highest BCUT2D eigenvalue weighted by Crippen LogP contribution is 2.41. The third-order valence-electron chi connectivity index (χ3n) is 4.39. The van der Waals surface area contributed by atoms with E-state index in [9.17, 15) is 0 Å². The van der Waals surface area contributed by atoms with Crippen LogP contribution in [-0.4, -0.2) is 20.6 Å². The van der Waals surface area contributed by atoms with Crippen LogP contribution in [0.5, 0.6) is 0 Å². The highest BCUT2D eigenvalue weighted by Gasteiger charge is 2.32. The lowest BCUT2D eigenvalue weighted by Gasteiger charge is -2.24. The zero-order valence-electron chi connectivity index (χ0n) is 13.2. The second-order valence-corrected chi connectivity index (χ2v) is 7.75. The Kier molecular flexibility index (Phi) is 4.16. The van der Waals surface area contributed by atoms with Crippen molar-refractivity contribution in [2.45, 2.75) is 57.2 Å². The van der Waals surface area contributed by atoms with Crippen LogP contribution in [0.4, 0.5) is 5.69 Å². The molecule has 2 unspecified atom stereocenters. The molecule has 1 aliphatic carbocycles. The van der Waals surface area contributed by atoms with Crippen molar-refractivity contribution in [2.24, 2.45) is 0 Å². The number of nitrogens with two attached hydrogens (primary N) is 1. The third kappa shape index (κ3) is 2.66. The predicted octanol–water partition coefficient (Wildman–Crippen LogP) is 4.59. The second-order valence-electron chi connectivity index (χ2n) is 6.23. The molecule has 1 saturated carbocycles. The number of nitrogens with zero attached hydrogens (tertiary/aromatic N) is 2. The van der Waals surface area contributed by atoms with E-state index in [1.807, 2.05) is 12.1 Å². The molecule has 4 heteroatoms. The van der Waals surface area contributed by atoms with E-state index in [1.165, 1.54) is 36.4 Å². The maximum atomic E-state index is 5.93. The molecule has 21 heavy (non-hydrogen) atoms. The van der Waals surface area contributed by atoms with E-state index in [0.29, 0.717) is 12.0 Å². The monoisotopic (exact) mass is 303 g/mol. The van der Waals surface area contributed by atoms with Gasteiger partial charge in [-0.25, -0.2) is 4.98 Å². The van der Waals surface area contributed by atoms with E-state index < -0.39 is 0 Å². The van der Waals surface area contributed by atoms with Gasteiger partial charge < -0.3 is 10.3 Å². The van der Waals surface area contributed by atoms with Crippen molar-refractivity contribution in [1.29, 1.82) is 0 Å². The summed E-state index contributed by atoms with van der Waals surface area (Å²) in [5.41, 5.74) is 9.03. The van der Waals surface area contributed by atoms with E-state index in [4.69, 9.17) is 10.7 Å². The number of aromatic nitrogens is 2. The molecule has 1 fully saturated rings. The number of nitrogen functional groups attached to an aromatic ring is 1. The number of imidazole rings is 1. The molecule has 0 bridgehead atoms. The van der Waals surface area contributed by atoms with Crippen LogP contribution in [0.3, 0.4) is 0 Å². The molecule has 1 aromatic carbocycles. The fourth-order valence-electron chi connectivity index (χ4n) is 3.50. The minimum atomic E-state index is 0.437. The lowest BCUT2D eigenvalue weighted by molar-refractivity contribution is 0.507. The molecule has 114 valence electrons. The van der Waals surface area contributed by atoms with Gasteiger partial charge >= 0.3 is 0 Å². The Morgan fingerprint density at radius 3 is 2.90 bits per heavy atom. The summed E-state index contributed by atoms with van der Waals surface area (Å²) < 4.78 is 2.51. The van der Waals surface area contributed by atoms with Gasteiger partial charge in [-0.3, -0.25) is 0 Å². The predicted molar refractivity (Wildman–Crippen MR) is 93.0 cm³/mol.